The summed E-state index contributed by atoms with van der Waals surface area (Å²) in [4.78, 5) is 6.75. The Labute approximate surface area is 152 Å². The molecule has 1 rings (SSSR count). The molecule has 0 aliphatic heterocycles. The maximum absolute atomic E-state index is 11.5. The molecule has 0 spiro atoms. The molecule has 0 bridgehead atoms. The van der Waals surface area contributed by atoms with Crippen molar-refractivity contribution in [2.45, 2.75) is 32.6 Å². The van der Waals surface area contributed by atoms with E-state index in [-0.39, 0.29) is 35.1 Å². The van der Waals surface area contributed by atoms with E-state index in [1.165, 1.54) is 6.26 Å². The zero-order valence-corrected chi connectivity index (χ0v) is 17.1. The van der Waals surface area contributed by atoms with Crippen molar-refractivity contribution >= 4 is 39.8 Å². The molecule has 1 aliphatic carbocycles. The quantitative estimate of drug-likeness (QED) is 0.195. The Morgan fingerprint density at radius 3 is 2.55 bits per heavy atom. The molecule has 1 fully saturated rings. The summed E-state index contributed by atoms with van der Waals surface area (Å²) in [5.41, 5.74) is -0.115. The maximum Gasteiger partial charge on any atom is 0.193 e. The molecular weight excluding hydrogens is 413 g/mol. The first-order valence-corrected chi connectivity index (χ1v) is 9.66. The highest BCUT2D eigenvalue weighted by molar-refractivity contribution is 14.0. The summed E-state index contributed by atoms with van der Waals surface area (Å²) in [7, 11) is -0.917. The molecule has 0 amide bonds. The van der Waals surface area contributed by atoms with Crippen molar-refractivity contribution in [2.24, 2.45) is 10.4 Å². The Morgan fingerprint density at radius 2 is 2.09 bits per heavy atom. The minimum Gasteiger partial charge on any atom is -0.357 e. The Hall–Kier alpha value is -0.310. The number of allylic oxidation sites excluding steroid dienone is 1. The van der Waals surface area contributed by atoms with Crippen LogP contribution in [0.2, 0.25) is 0 Å². The van der Waals surface area contributed by atoms with Gasteiger partial charge in [0.1, 0.15) is 9.84 Å². The van der Waals surface area contributed by atoms with Crippen LogP contribution in [-0.4, -0.2) is 58.0 Å². The molecular formula is C15H30IN3O2S. The molecule has 22 heavy (non-hydrogen) atoms. The zero-order valence-electron chi connectivity index (χ0n) is 14.0. The number of halogens is 1. The number of nitrogens with one attached hydrogen (secondary N) is 1. The van der Waals surface area contributed by atoms with Crippen LogP contribution in [0.15, 0.2) is 17.6 Å². The molecule has 1 aliphatic rings. The van der Waals surface area contributed by atoms with Crippen LogP contribution in [0.5, 0.6) is 0 Å². The van der Waals surface area contributed by atoms with Gasteiger partial charge in [0, 0.05) is 38.4 Å². The highest BCUT2D eigenvalue weighted by atomic mass is 127. The molecule has 1 saturated carbocycles. The number of guanidine groups is 1. The average molecular weight is 443 g/mol. The second kappa shape index (κ2) is 9.75. The van der Waals surface area contributed by atoms with E-state index in [0.29, 0.717) is 6.54 Å². The van der Waals surface area contributed by atoms with Crippen LogP contribution in [-0.2, 0) is 9.84 Å². The molecule has 0 unspecified atom stereocenters. The second-order valence-electron chi connectivity index (χ2n) is 6.09. The van der Waals surface area contributed by atoms with Gasteiger partial charge in [-0.1, -0.05) is 6.08 Å². The van der Waals surface area contributed by atoms with Gasteiger partial charge in [0.15, 0.2) is 5.96 Å². The van der Waals surface area contributed by atoms with E-state index in [9.17, 15) is 8.42 Å². The first-order valence-electron chi connectivity index (χ1n) is 7.60. The Kier molecular flexibility index (Phi) is 9.61. The van der Waals surface area contributed by atoms with E-state index < -0.39 is 9.84 Å². The maximum atomic E-state index is 11.5. The molecule has 0 aromatic carbocycles. The Morgan fingerprint density at radius 1 is 1.45 bits per heavy atom. The molecule has 0 aromatic rings. The number of rotatable bonds is 9. The summed E-state index contributed by atoms with van der Waals surface area (Å²) in [5, 5.41) is 3.27. The van der Waals surface area contributed by atoms with Gasteiger partial charge in [-0.15, -0.1) is 30.6 Å². The zero-order chi connectivity index (χ0) is 15.9. The summed E-state index contributed by atoms with van der Waals surface area (Å²) in [5.74, 6) is 1.12. The van der Waals surface area contributed by atoms with Gasteiger partial charge in [-0.3, -0.25) is 4.99 Å². The summed E-state index contributed by atoms with van der Waals surface area (Å²) < 4.78 is 23.0. The molecule has 130 valence electrons. The number of nitrogens with zero attached hydrogens (tertiary/aromatic N) is 2. The minimum atomic E-state index is -2.93. The predicted octanol–water partition coefficient (Wildman–Crippen LogP) is 2.29. The third-order valence-corrected chi connectivity index (χ3v) is 4.82. The van der Waals surface area contributed by atoms with Crippen molar-refractivity contribution in [1.82, 2.24) is 10.2 Å². The van der Waals surface area contributed by atoms with Gasteiger partial charge in [-0.2, -0.15) is 0 Å². The molecule has 0 radical (unpaired) electrons. The van der Waals surface area contributed by atoms with Gasteiger partial charge in [0.25, 0.3) is 0 Å². The molecule has 5 nitrogen and oxygen atoms in total. The lowest BCUT2D eigenvalue weighted by Crippen LogP contribution is -2.40. The predicted molar refractivity (Wildman–Crippen MR) is 105 cm³/mol. The van der Waals surface area contributed by atoms with Crippen molar-refractivity contribution < 1.29 is 8.42 Å². The number of hydrogen-bond acceptors (Lipinski definition) is 3. The number of hydrogen-bond donors (Lipinski definition) is 1. The smallest absolute Gasteiger partial charge is 0.193 e. The monoisotopic (exact) mass is 443 g/mol. The highest BCUT2D eigenvalue weighted by Crippen LogP contribution is 2.46. The first-order chi connectivity index (χ1) is 9.82. The highest BCUT2D eigenvalue weighted by Gasteiger charge is 2.45. The van der Waals surface area contributed by atoms with Crippen LogP contribution >= 0.6 is 24.0 Å². The van der Waals surface area contributed by atoms with Crippen molar-refractivity contribution in [3.05, 3.63) is 12.7 Å². The van der Waals surface area contributed by atoms with Crippen LogP contribution in [0, 0.1) is 5.41 Å². The number of aliphatic imine (C=N–C) groups is 1. The van der Waals surface area contributed by atoms with Crippen molar-refractivity contribution in [3.63, 3.8) is 0 Å². The first kappa shape index (κ1) is 21.7. The fourth-order valence-electron chi connectivity index (χ4n) is 2.37. The van der Waals surface area contributed by atoms with Crippen molar-refractivity contribution in [3.8, 4) is 0 Å². The average Bonchev–Trinajstić information content (AvgIpc) is 3.12. The summed E-state index contributed by atoms with van der Waals surface area (Å²) in [6.07, 6.45) is 7.18. The normalized spacial score (nSPS) is 16.6. The van der Waals surface area contributed by atoms with E-state index in [1.54, 1.807) is 0 Å². The molecule has 0 heterocycles. The third kappa shape index (κ3) is 8.36. The SMILES string of the molecule is C=CCCCN(C)C(=NCC1(CS(C)(=O)=O)CC1)NCC.I. The van der Waals surface area contributed by atoms with E-state index in [0.717, 1.165) is 44.7 Å². The third-order valence-electron chi connectivity index (χ3n) is 3.69. The molecule has 0 saturated heterocycles. The van der Waals surface area contributed by atoms with Crippen LogP contribution in [0.3, 0.4) is 0 Å². The lowest BCUT2D eigenvalue weighted by Gasteiger charge is -2.22. The molecule has 0 atom stereocenters. The van der Waals surface area contributed by atoms with E-state index in [1.807, 2.05) is 20.0 Å². The van der Waals surface area contributed by atoms with Gasteiger partial charge in [-0.05, 0) is 32.6 Å². The Bertz CT molecular complexity index is 473. The van der Waals surface area contributed by atoms with E-state index in [4.69, 9.17) is 0 Å². The Balaban J connectivity index is 0.00000441. The summed E-state index contributed by atoms with van der Waals surface area (Å²) >= 11 is 0. The van der Waals surface area contributed by atoms with Crippen LogP contribution in [0.25, 0.3) is 0 Å². The van der Waals surface area contributed by atoms with Gasteiger partial charge in [-0.25, -0.2) is 8.42 Å². The van der Waals surface area contributed by atoms with Crippen LogP contribution in [0.1, 0.15) is 32.6 Å². The molecule has 7 heteroatoms. The number of sulfone groups is 1. The fourth-order valence-corrected chi connectivity index (χ4v) is 3.86. The molecule has 1 N–H and O–H groups in total. The van der Waals surface area contributed by atoms with Gasteiger partial charge >= 0.3 is 0 Å². The topological polar surface area (TPSA) is 61.8 Å². The lowest BCUT2D eigenvalue weighted by molar-refractivity contribution is 0.464. The fraction of sp³-hybridized carbons (Fsp3) is 0.800. The second-order valence-corrected chi connectivity index (χ2v) is 8.23. The van der Waals surface area contributed by atoms with Crippen LogP contribution in [0.4, 0.5) is 0 Å². The van der Waals surface area contributed by atoms with Crippen molar-refractivity contribution in [1.29, 1.82) is 0 Å². The summed E-state index contributed by atoms with van der Waals surface area (Å²) in [6.45, 7) is 8.08. The van der Waals surface area contributed by atoms with E-state index in [2.05, 4.69) is 21.8 Å². The lowest BCUT2D eigenvalue weighted by atomic mass is 10.1. The van der Waals surface area contributed by atoms with Gasteiger partial charge < -0.3 is 10.2 Å². The number of unbranched alkanes of at least 4 members (excludes halogenated alkanes) is 1. The largest absolute Gasteiger partial charge is 0.357 e. The standard InChI is InChI=1S/C15H29N3O2S.HI/c1-5-7-8-11-18(3)14(16-6-2)17-12-15(9-10-15)13-21(4,19)20;/h5H,1,6-13H2,2-4H3,(H,16,17);1H. The van der Waals surface area contributed by atoms with Gasteiger partial charge in [0.2, 0.25) is 0 Å². The summed E-state index contributed by atoms with van der Waals surface area (Å²) in [6, 6.07) is 0. The van der Waals surface area contributed by atoms with Crippen LogP contribution < -0.4 is 5.32 Å². The minimum absolute atomic E-state index is 0. The van der Waals surface area contributed by atoms with Crippen molar-refractivity contribution in [2.75, 3.05) is 38.7 Å². The van der Waals surface area contributed by atoms with E-state index >= 15 is 0 Å². The van der Waals surface area contributed by atoms with Gasteiger partial charge in [0.05, 0.1) is 5.75 Å². The molecule has 0 aromatic heterocycles.